The standard InChI is InChI=1S/C12H23N5O3S/c1-5-8-9-15(4)12(18)17-10-13-11(14-17)21(19,20)16(6-2)7-3/h10H,5-9H2,1-4H3. The van der Waals surface area contributed by atoms with Gasteiger partial charge in [0.1, 0.15) is 6.33 Å². The van der Waals surface area contributed by atoms with Crippen LogP contribution in [0.15, 0.2) is 11.5 Å². The van der Waals surface area contributed by atoms with Crippen LogP contribution in [0.1, 0.15) is 33.6 Å². The lowest BCUT2D eigenvalue weighted by molar-refractivity contribution is 0.206. The second kappa shape index (κ2) is 7.51. The third-order valence-electron chi connectivity index (χ3n) is 3.12. The minimum absolute atomic E-state index is 0.331. The van der Waals surface area contributed by atoms with Crippen LogP contribution in [0.3, 0.4) is 0 Å². The van der Waals surface area contributed by atoms with Crippen LogP contribution in [-0.2, 0) is 10.0 Å². The fourth-order valence-corrected chi connectivity index (χ4v) is 3.09. The van der Waals surface area contributed by atoms with Crippen LogP contribution in [0.5, 0.6) is 0 Å². The van der Waals surface area contributed by atoms with Gasteiger partial charge in [0.25, 0.3) is 15.2 Å². The zero-order valence-corrected chi connectivity index (χ0v) is 13.8. The zero-order chi connectivity index (χ0) is 16.0. The Hall–Kier alpha value is -1.48. The monoisotopic (exact) mass is 317 g/mol. The highest BCUT2D eigenvalue weighted by Gasteiger charge is 2.27. The summed E-state index contributed by atoms with van der Waals surface area (Å²) in [6.45, 7) is 6.76. The normalized spacial score (nSPS) is 11.9. The largest absolute Gasteiger partial charge is 0.345 e. The Labute approximate surface area is 125 Å². The van der Waals surface area contributed by atoms with Gasteiger partial charge in [-0.15, -0.1) is 5.10 Å². The Morgan fingerprint density at radius 3 is 2.43 bits per heavy atom. The first kappa shape index (κ1) is 17.6. The number of aromatic nitrogens is 3. The molecule has 1 heterocycles. The Morgan fingerprint density at radius 2 is 1.90 bits per heavy atom. The van der Waals surface area contributed by atoms with Crippen LogP contribution in [0.4, 0.5) is 4.79 Å². The number of carbonyl (C=O) groups is 1. The number of carbonyl (C=O) groups excluding carboxylic acids is 1. The lowest BCUT2D eigenvalue weighted by atomic mass is 10.3. The molecule has 21 heavy (non-hydrogen) atoms. The van der Waals surface area contributed by atoms with Crippen molar-refractivity contribution in [1.29, 1.82) is 0 Å². The van der Waals surface area contributed by atoms with Crippen molar-refractivity contribution >= 4 is 16.1 Å². The first-order valence-corrected chi connectivity index (χ1v) is 8.49. The molecule has 9 heteroatoms. The molecule has 1 rings (SSSR count). The molecule has 0 aromatic carbocycles. The van der Waals surface area contributed by atoms with Gasteiger partial charge in [-0.05, 0) is 6.42 Å². The summed E-state index contributed by atoms with van der Waals surface area (Å²) in [5.74, 6) is 0. The smallest absolute Gasteiger partial charge is 0.326 e. The van der Waals surface area contributed by atoms with Gasteiger partial charge < -0.3 is 4.90 Å². The molecule has 120 valence electrons. The molecule has 0 radical (unpaired) electrons. The third kappa shape index (κ3) is 4.01. The molecule has 1 aromatic rings. The van der Waals surface area contributed by atoms with Crippen LogP contribution in [0.2, 0.25) is 0 Å². The van der Waals surface area contributed by atoms with Crippen molar-refractivity contribution in [1.82, 2.24) is 24.0 Å². The summed E-state index contributed by atoms with van der Waals surface area (Å²) in [6, 6.07) is -0.392. The molecule has 1 aromatic heterocycles. The van der Waals surface area contributed by atoms with Gasteiger partial charge in [0.2, 0.25) is 0 Å². The van der Waals surface area contributed by atoms with Crippen molar-refractivity contribution in [2.24, 2.45) is 0 Å². The van der Waals surface area contributed by atoms with Gasteiger partial charge in [0.05, 0.1) is 0 Å². The Balaban J connectivity index is 2.93. The number of sulfonamides is 1. The summed E-state index contributed by atoms with van der Waals surface area (Å²) in [6.07, 6.45) is 2.99. The SMILES string of the molecule is CCCCN(C)C(=O)n1cnc(S(=O)(=O)N(CC)CC)n1. The summed E-state index contributed by atoms with van der Waals surface area (Å²) in [5.41, 5.74) is 0. The Morgan fingerprint density at radius 1 is 1.29 bits per heavy atom. The molecule has 0 aliphatic carbocycles. The fourth-order valence-electron chi connectivity index (χ4n) is 1.80. The van der Waals surface area contributed by atoms with Crippen LogP contribution in [0.25, 0.3) is 0 Å². The number of hydrogen-bond donors (Lipinski definition) is 0. The van der Waals surface area contributed by atoms with Gasteiger partial charge >= 0.3 is 6.03 Å². The molecule has 0 saturated heterocycles. The number of amides is 1. The maximum absolute atomic E-state index is 12.2. The van der Waals surface area contributed by atoms with Crippen molar-refractivity contribution in [2.45, 2.75) is 38.8 Å². The maximum Gasteiger partial charge on any atom is 0.345 e. The van der Waals surface area contributed by atoms with E-state index in [1.165, 1.54) is 9.21 Å². The van der Waals surface area contributed by atoms with Gasteiger partial charge in [0, 0.05) is 26.7 Å². The van der Waals surface area contributed by atoms with Crippen molar-refractivity contribution in [3.63, 3.8) is 0 Å². The fraction of sp³-hybridized carbons (Fsp3) is 0.750. The second-order valence-corrected chi connectivity index (χ2v) is 6.45. The van der Waals surface area contributed by atoms with Crippen molar-refractivity contribution in [3.05, 3.63) is 6.33 Å². The van der Waals surface area contributed by atoms with E-state index in [-0.39, 0.29) is 5.16 Å². The lowest BCUT2D eigenvalue weighted by Gasteiger charge is -2.16. The van der Waals surface area contributed by atoms with Crippen LogP contribution >= 0.6 is 0 Å². The Kier molecular flexibility index (Phi) is 6.28. The summed E-state index contributed by atoms with van der Waals surface area (Å²) >= 11 is 0. The van der Waals surface area contributed by atoms with Crippen molar-refractivity contribution < 1.29 is 13.2 Å². The van der Waals surface area contributed by atoms with E-state index < -0.39 is 16.1 Å². The van der Waals surface area contributed by atoms with E-state index >= 15 is 0 Å². The molecule has 0 aliphatic rings. The number of hydrogen-bond acceptors (Lipinski definition) is 5. The molecule has 0 atom stereocenters. The van der Waals surface area contributed by atoms with E-state index in [0.29, 0.717) is 19.6 Å². The predicted octanol–water partition coefficient (Wildman–Crippen LogP) is 1.01. The van der Waals surface area contributed by atoms with E-state index in [2.05, 4.69) is 10.1 Å². The maximum atomic E-state index is 12.2. The number of nitrogens with zero attached hydrogens (tertiary/aromatic N) is 5. The summed E-state index contributed by atoms with van der Waals surface area (Å²) in [4.78, 5) is 17.3. The average molecular weight is 317 g/mol. The number of rotatable bonds is 7. The molecular weight excluding hydrogens is 294 g/mol. The van der Waals surface area contributed by atoms with E-state index in [1.807, 2.05) is 6.92 Å². The average Bonchev–Trinajstić information content (AvgIpc) is 2.95. The van der Waals surface area contributed by atoms with E-state index in [4.69, 9.17) is 0 Å². The van der Waals surface area contributed by atoms with Crippen LogP contribution in [0, 0.1) is 0 Å². The van der Waals surface area contributed by atoms with Crippen LogP contribution in [-0.4, -0.2) is 65.1 Å². The minimum Gasteiger partial charge on any atom is -0.326 e. The van der Waals surface area contributed by atoms with Gasteiger partial charge in [-0.25, -0.2) is 18.2 Å². The molecule has 0 fully saturated rings. The second-order valence-electron chi connectivity index (χ2n) is 4.62. The van der Waals surface area contributed by atoms with Gasteiger partial charge in [-0.1, -0.05) is 27.2 Å². The van der Waals surface area contributed by atoms with Gasteiger partial charge in [-0.3, -0.25) is 0 Å². The first-order chi connectivity index (χ1) is 9.88. The van der Waals surface area contributed by atoms with Gasteiger partial charge in [-0.2, -0.15) is 8.99 Å². The zero-order valence-electron chi connectivity index (χ0n) is 13.0. The highest BCUT2D eigenvalue weighted by atomic mass is 32.2. The summed E-state index contributed by atoms with van der Waals surface area (Å²) in [7, 11) is -2.09. The lowest BCUT2D eigenvalue weighted by Crippen LogP contribution is -2.33. The molecule has 0 aliphatic heterocycles. The summed E-state index contributed by atoms with van der Waals surface area (Å²) < 4.78 is 26.7. The number of unbranched alkanes of at least 4 members (excludes halogenated alkanes) is 1. The predicted molar refractivity (Wildman–Crippen MR) is 78.5 cm³/mol. The third-order valence-corrected chi connectivity index (χ3v) is 4.96. The highest BCUT2D eigenvalue weighted by Crippen LogP contribution is 2.10. The first-order valence-electron chi connectivity index (χ1n) is 7.05. The van der Waals surface area contributed by atoms with Crippen LogP contribution < -0.4 is 0 Å². The van der Waals surface area contributed by atoms with E-state index in [0.717, 1.165) is 23.9 Å². The highest BCUT2D eigenvalue weighted by molar-refractivity contribution is 7.88. The molecule has 0 unspecified atom stereocenters. The molecule has 0 spiro atoms. The summed E-state index contributed by atoms with van der Waals surface area (Å²) in [5, 5.41) is 3.47. The molecule has 0 saturated carbocycles. The van der Waals surface area contributed by atoms with Gasteiger partial charge in [0.15, 0.2) is 0 Å². The molecule has 8 nitrogen and oxygen atoms in total. The Bertz CT molecular complexity index is 565. The van der Waals surface area contributed by atoms with E-state index in [1.54, 1.807) is 20.9 Å². The quantitative estimate of drug-likeness (QED) is 0.749. The molecule has 0 N–H and O–H groups in total. The molecular formula is C12H23N5O3S. The molecule has 1 amide bonds. The van der Waals surface area contributed by atoms with Crippen molar-refractivity contribution in [3.8, 4) is 0 Å². The molecule has 0 bridgehead atoms. The topological polar surface area (TPSA) is 88.4 Å². The van der Waals surface area contributed by atoms with E-state index in [9.17, 15) is 13.2 Å². The van der Waals surface area contributed by atoms with Crippen molar-refractivity contribution in [2.75, 3.05) is 26.7 Å². The minimum atomic E-state index is -3.74.